The molecule has 2 aromatic rings. The molecule has 1 heterocycles. The molecule has 0 aliphatic carbocycles. The van der Waals surface area contributed by atoms with Gasteiger partial charge in [0.2, 0.25) is 5.91 Å². The molecular weight excluding hydrogens is 364 g/mol. The van der Waals surface area contributed by atoms with Crippen molar-refractivity contribution in [3.8, 4) is 5.75 Å². The number of nitrogens with one attached hydrogen (secondary N) is 2. The number of amides is 1. The summed E-state index contributed by atoms with van der Waals surface area (Å²) in [7, 11) is 1.66. The largest absolute Gasteiger partial charge is 0.497 e. The second-order valence-corrected chi connectivity index (χ2v) is 6.55. The van der Waals surface area contributed by atoms with Crippen molar-refractivity contribution in [3.05, 3.63) is 59.7 Å². The number of benzene rings is 2. The van der Waals surface area contributed by atoms with Crippen molar-refractivity contribution in [2.24, 2.45) is 5.92 Å². The Hall–Kier alpha value is -2.08. The first kappa shape index (κ1) is 21.2. The zero-order chi connectivity index (χ0) is 18.2. The number of hydrogen-bond acceptors (Lipinski definition) is 4. The molecule has 0 atom stereocenters. The summed E-state index contributed by atoms with van der Waals surface area (Å²) in [5, 5.41) is 6.32. The summed E-state index contributed by atoms with van der Waals surface area (Å²) < 4.78 is 10.9. The van der Waals surface area contributed by atoms with E-state index in [1.165, 1.54) is 0 Å². The molecule has 1 aliphatic rings. The van der Waals surface area contributed by atoms with E-state index >= 15 is 0 Å². The molecule has 3 rings (SSSR count). The molecule has 2 aromatic carbocycles. The molecule has 1 fully saturated rings. The van der Waals surface area contributed by atoms with Crippen molar-refractivity contribution in [1.29, 1.82) is 0 Å². The van der Waals surface area contributed by atoms with E-state index in [1.807, 2.05) is 48.5 Å². The summed E-state index contributed by atoms with van der Waals surface area (Å²) in [4.78, 5) is 12.3. The number of carbonyl (C=O) groups is 1. The van der Waals surface area contributed by atoms with Crippen molar-refractivity contribution in [3.63, 3.8) is 0 Å². The van der Waals surface area contributed by atoms with Crippen LogP contribution in [0, 0.1) is 5.92 Å². The zero-order valence-electron chi connectivity index (χ0n) is 15.6. The van der Waals surface area contributed by atoms with Gasteiger partial charge in [0.05, 0.1) is 20.3 Å². The molecule has 146 valence electrons. The summed E-state index contributed by atoms with van der Waals surface area (Å²) in [6.45, 7) is 2.87. The summed E-state index contributed by atoms with van der Waals surface area (Å²) in [6.07, 6.45) is 1.80. The predicted octanol–water partition coefficient (Wildman–Crippen LogP) is 3.77. The predicted molar refractivity (Wildman–Crippen MR) is 109 cm³/mol. The molecule has 0 bridgehead atoms. The van der Waals surface area contributed by atoms with Gasteiger partial charge in [-0.05, 0) is 61.3 Å². The highest BCUT2D eigenvalue weighted by Gasteiger charge is 2.20. The first-order chi connectivity index (χ1) is 12.7. The van der Waals surface area contributed by atoms with E-state index in [0.717, 1.165) is 48.5 Å². The van der Waals surface area contributed by atoms with Crippen LogP contribution in [0.5, 0.6) is 5.75 Å². The van der Waals surface area contributed by atoms with Crippen molar-refractivity contribution in [2.75, 3.05) is 25.5 Å². The molecule has 0 spiro atoms. The normalized spacial score (nSPS) is 14.3. The lowest BCUT2D eigenvalue weighted by Crippen LogP contribution is -2.34. The fourth-order valence-corrected chi connectivity index (χ4v) is 3.08. The second-order valence-electron chi connectivity index (χ2n) is 6.55. The van der Waals surface area contributed by atoms with Crippen LogP contribution in [0.4, 0.5) is 5.69 Å². The maximum atomic E-state index is 12.3. The van der Waals surface area contributed by atoms with Crippen molar-refractivity contribution < 1.29 is 14.3 Å². The average Bonchev–Trinajstić information content (AvgIpc) is 2.69. The van der Waals surface area contributed by atoms with Crippen LogP contribution in [0.25, 0.3) is 0 Å². The third-order valence-corrected chi connectivity index (χ3v) is 4.60. The molecule has 6 heteroatoms. The number of piperidine rings is 1. The number of anilines is 1. The van der Waals surface area contributed by atoms with E-state index in [1.54, 1.807) is 7.11 Å². The summed E-state index contributed by atoms with van der Waals surface area (Å²) in [5.41, 5.74) is 2.97. The van der Waals surface area contributed by atoms with E-state index < -0.39 is 0 Å². The van der Waals surface area contributed by atoms with Crippen LogP contribution in [-0.2, 0) is 22.7 Å². The second kappa shape index (κ2) is 10.9. The fraction of sp³-hybridized carbons (Fsp3) is 0.381. The maximum absolute atomic E-state index is 12.3. The van der Waals surface area contributed by atoms with E-state index in [4.69, 9.17) is 9.47 Å². The maximum Gasteiger partial charge on any atom is 0.227 e. The van der Waals surface area contributed by atoms with E-state index in [-0.39, 0.29) is 24.2 Å². The quantitative estimate of drug-likeness (QED) is 0.755. The Morgan fingerprint density at radius 1 is 1.07 bits per heavy atom. The third kappa shape index (κ3) is 6.54. The van der Waals surface area contributed by atoms with Crippen LogP contribution in [0.15, 0.2) is 48.5 Å². The lowest BCUT2D eigenvalue weighted by molar-refractivity contribution is -0.120. The first-order valence-corrected chi connectivity index (χ1v) is 9.06. The highest BCUT2D eigenvalue weighted by atomic mass is 35.5. The molecule has 0 radical (unpaired) electrons. The van der Waals surface area contributed by atoms with Gasteiger partial charge in [0, 0.05) is 11.6 Å². The van der Waals surface area contributed by atoms with Crippen molar-refractivity contribution in [2.45, 2.75) is 26.1 Å². The Morgan fingerprint density at radius 3 is 2.48 bits per heavy atom. The van der Waals surface area contributed by atoms with Crippen LogP contribution >= 0.6 is 12.4 Å². The van der Waals surface area contributed by atoms with Gasteiger partial charge in [-0.2, -0.15) is 0 Å². The molecule has 2 N–H and O–H groups in total. The SMILES string of the molecule is COc1ccc(COCc2cccc(NC(=O)C3CCNCC3)c2)cc1.Cl. The standard InChI is InChI=1S/C21H26N2O3.ClH/c1-25-20-7-5-16(6-8-20)14-26-15-17-3-2-4-19(13-17)23-21(24)18-9-11-22-12-10-18;/h2-8,13,18,22H,9-12,14-15H2,1H3,(H,23,24);1H. The highest BCUT2D eigenvalue weighted by Crippen LogP contribution is 2.18. The minimum Gasteiger partial charge on any atom is -0.497 e. The Morgan fingerprint density at radius 2 is 1.78 bits per heavy atom. The molecule has 0 unspecified atom stereocenters. The number of hydrogen-bond donors (Lipinski definition) is 2. The highest BCUT2D eigenvalue weighted by molar-refractivity contribution is 5.92. The summed E-state index contributed by atoms with van der Waals surface area (Å²) in [5.74, 6) is 1.06. The number of methoxy groups -OCH3 is 1. The Bertz CT molecular complexity index is 716. The van der Waals surface area contributed by atoms with Crippen molar-refractivity contribution >= 4 is 24.0 Å². The fourth-order valence-electron chi connectivity index (χ4n) is 3.08. The van der Waals surface area contributed by atoms with Crippen LogP contribution in [-0.4, -0.2) is 26.1 Å². The van der Waals surface area contributed by atoms with Gasteiger partial charge in [-0.3, -0.25) is 4.79 Å². The molecule has 0 aromatic heterocycles. The lowest BCUT2D eigenvalue weighted by atomic mass is 9.97. The van der Waals surface area contributed by atoms with Crippen molar-refractivity contribution in [1.82, 2.24) is 5.32 Å². The minimum absolute atomic E-state index is 0. The molecule has 5 nitrogen and oxygen atoms in total. The third-order valence-electron chi connectivity index (χ3n) is 4.60. The van der Waals surface area contributed by atoms with Gasteiger partial charge in [0.1, 0.15) is 5.75 Å². The van der Waals surface area contributed by atoms with Crippen LogP contribution in [0.2, 0.25) is 0 Å². The molecule has 27 heavy (non-hydrogen) atoms. The summed E-state index contributed by atoms with van der Waals surface area (Å²) in [6, 6.07) is 15.7. The van der Waals surface area contributed by atoms with Gasteiger partial charge in [0.25, 0.3) is 0 Å². The number of carbonyl (C=O) groups excluding carboxylic acids is 1. The topological polar surface area (TPSA) is 59.6 Å². The van der Waals surface area contributed by atoms with E-state index in [0.29, 0.717) is 13.2 Å². The van der Waals surface area contributed by atoms with Gasteiger partial charge in [0.15, 0.2) is 0 Å². The van der Waals surface area contributed by atoms with Crippen LogP contribution in [0.1, 0.15) is 24.0 Å². The van der Waals surface area contributed by atoms with Gasteiger partial charge in [-0.1, -0.05) is 24.3 Å². The Balaban J connectivity index is 0.00000261. The zero-order valence-corrected chi connectivity index (χ0v) is 16.4. The molecule has 1 amide bonds. The average molecular weight is 391 g/mol. The van der Waals surface area contributed by atoms with E-state index in [2.05, 4.69) is 10.6 Å². The first-order valence-electron chi connectivity index (χ1n) is 9.06. The Kier molecular flexibility index (Phi) is 8.58. The van der Waals surface area contributed by atoms with Gasteiger partial charge < -0.3 is 20.1 Å². The Labute approximate surface area is 166 Å². The van der Waals surface area contributed by atoms with E-state index in [9.17, 15) is 4.79 Å². The smallest absolute Gasteiger partial charge is 0.227 e. The number of halogens is 1. The van der Waals surface area contributed by atoms with Crippen LogP contribution in [0.3, 0.4) is 0 Å². The molecule has 0 saturated carbocycles. The van der Waals surface area contributed by atoms with Crippen LogP contribution < -0.4 is 15.4 Å². The monoisotopic (exact) mass is 390 g/mol. The number of ether oxygens (including phenoxy) is 2. The minimum atomic E-state index is 0. The summed E-state index contributed by atoms with van der Waals surface area (Å²) >= 11 is 0. The van der Waals surface area contributed by atoms with Gasteiger partial charge >= 0.3 is 0 Å². The van der Waals surface area contributed by atoms with Gasteiger partial charge in [-0.15, -0.1) is 12.4 Å². The molecule has 1 saturated heterocycles. The molecule has 1 aliphatic heterocycles. The van der Waals surface area contributed by atoms with Gasteiger partial charge in [-0.25, -0.2) is 0 Å². The number of rotatable bonds is 7. The molecular formula is C21H27ClN2O3. The lowest BCUT2D eigenvalue weighted by Gasteiger charge is -2.21.